The van der Waals surface area contributed by atoms with Gasteiger partial charge in [-0.3, -0.25) is 0 Å². The van der Waals surface area contributed by atoms with Gasteiger partial charge >= 0.3 is 0 Å². The van der Waals surface area contributed by atoms with Crippen LogP contribution in [-0.2, 0) is 0 Å². The highest BCUT2D eigenvalue weighted by atomic mass is 35.5. The fourth-order valence-corrected chi connectivity index (χ4v) is 3.39. The van der Waals surface area contributed by atoms with Crippen LogP contribution < -0.4 is 11.1 Å². The average Bonchev–Trinajstić information content (AvgIpc) is 2.27. The Labute approximate surface area is 119 Å². The predicted molar refractivity (Wildman–Crippen MR) is 80.5 cm³/mol. The van der Waals surface area contributed by atoms with Crippen molar-refractivity contribution in [2.45, 2.75) is 32.6 Å². The van der Waals surface area contributed by atoms with E-state index in [-0.39, 0.29) is 0 Å². The molecule has 2 rings (SSSR count). The summed E-state index contributed by atoms with van der Waals surface area (Å²) >= 11 is 12.3. The summed E-state index contributed by atoms with van der Waals surface area (Å²) in [6.07, 6.45) is 5.27. The summed E-state index contributed by atoms with van der Waals surface area (Å²) in [5, 5.41) is 4.58. The summed E-state index contributed by atoms with van der Waals surface area (Å²) in [6.45, 7) is 3.27. The Balaban J connectivity index is 1.97. The Morgan fingerprint density at radius 2 is 1.94 bits per heavy atom. The van der Waals surface area contributed by atoms with E-state index < -0.39 is 0 Å². The molecule has 0 aliphatic heterocycles. The number of halogens is 2. The van der Waals surface area contributed by atoms with Gasteiger partial charge in [-0.2, -0.15) is 0 Å². The highest BCUT2D eigenvalue weighted by molar-refractivity contribution is 6.39. The molecule has 3 N–H and O–H groups in total. The average molecular weight is 287 g/mol. The van der Waals surface area contributed by atoms with Gasteiger partial charge in [-0.05, 0) is 36.8 Å². The third-order valence-corrected chi connectivity index (χ3v) is 4.27. The lowest BCUT2D eigenvalue weighted by molar-refractivity contribution is 0.293. The van der Waals surface area contributed by atoms with Crippen molar-refractivity contribution in [3.8, 4) is 0 Å². The van der Waals surface area contributed by atoms with E-state index in [0.29, 0.717) is 15.7 Å². The molecule has 2 nitrogen and oxygen atoms in total. The molecule has 1 aliphatic rings. The maximum atomic E-state index is 6.15. The van der Waals surface area contributed by atoms with Gasteiger partial charge in [0.15, 0.2) is 0 Å². The van der Waals surface area contributed by atoms with Crippen LogP contribution in [0.2, 0.25) is 10.0 Å². The van der Waals surface area contributed by atoms with E-state index in [0.717, 1.165) is 24.1 Å². The van der Waals surface area contributed by atoms with E-state index >= 15 is 0 Å². The normalized spacial score (nSPS) is 23.9. The molecule has 2 atom stereocenters. The van der Waals surface area contributed by atoms with E-state index in [1.54, 1.807) is 12.1 Å². The molecule has 1 saturated carbocycles. The SMILES string of the molecule is CC1CCCC(CNc2c(Cl)cc(N)cc2Cl)C1. The number of anilines is 2. The maximum absolute atomic E-state index is 6.15. The topological polar surface area (TPSA) is 38.0 Å². The largest absolute Gasteiger partial charge is 0.399 e. The van der Waals surface area contributed by atoms with Crippen LogP contribution in [0.15, 0.2) is 12.1 Å². The summed E-state index contributed by atoms with van der Waals surface area (Å²) in [7, 11) is 0. The van der Waals surface area contributed by atoms with Crippen molar-refractivity contribution in [2.24, 2.45) is 11.8 Å². The molecule has 1 aromatic rings. The maximum Gasteiger partial charge on any atom is 0.0720 e. The summed E-state index contributed by atoms with van der Waals surface area (Å²) in [5.41, 5.74) is 7.10. The first kappa shape index (κ1) is 13.8. The third kappa shape index (κ3) is 3.46. The van der Waals surface area contributed by atoms with Gasteiger partial charge in [0.2, 0.25) is 0 Å². The number of nitrogens with two attached hydrogens (primary N) is 1. The number of hydrogen-bond donors (Lipinski definition) is 2. The van der Waals surface area contributed by atoms with Crippen molar-refractivity contribution in [1.82, 2.24) is 0 Å². The van der Waals surface area contributed by atoms with Crippen LogP contribution in [-0.4, -0.2) is 6.54 Å². The van der Waals surface area contributed by atoms with Gasteiger partial charge in [-0.1, -0.05) is 43.0 Å². The Hall–Kier alpha value is -0.600. The molecule has 100 valence electrons. The second-order valence-corrected chi connectivity index (χ2v) is 6.19. The fourth-order valence-electron chi connectivity index (χ4n) is 2.75. The summed E-state index contributed by atoms with van der Waals surface area (Å²) in [5.74, 6) is 1.56. The van der Waals surface area contributed by atoms with Crippen molar-refractivity contribution < 1.29 is 0 Å². The van der Waals surface area contributed by atoms with E-state index in [1.165, 1.54) is 25.7 Å². The van der Waals surface area contributed by atoms with Crippen LogP contribution >= 0.6 is 23.2 Å². The summed E-state index contributed by atoms with van der Waals surface area (Å²) in [6, 6.07) is 3.47. The molecular weight excluding hydrogens is 267 g/mol. The summed E-state index contributed by atoms with van der Waals surface area (Å²) in [4.78, 5) is 0. The van der Waals surface area contributed by atoms with E-state index in [4.69, 9.17) is 28.9 Å². The molecule has 0 radical (unpaired) electrons. The van der Waals surface area contributed by atoms with Gasteiger partial charge < -0.3 is 11.1 Å². The Morgan fingerprint density at radius 3 is 2.56 bits per heavy atom. The van der Waals surface area contributed by atoms with Crippen LogP contribution in [0.25, 0.3) is 0 Å². The minimum absolute atomic E-state index is 0.599. The Kier molecular flexibility index (Phi) is 4.63. The molecule has 1 aromatic carbocycles. The zero-order valence-electron chi connectivity index (χ0n) is 10.7. The van der Waals surface area contributed by atoms with Crippen molar-refractivity contribution in [1.29, 1.82) is 0 Å². The summed E-state index contributed by atoms with van der Waals surface area (Å²) < 4.78 is 0. The second-order valence-electron chi connectivity index (χ2n) is 5.38. The van der Waals surface area contributed by atoms with Gasteiger partial charge in [0.05, 0.1) is 15.7 Å². The number of benzene rings is 1. The molecular formula is C14H20Cl2N2. The molecule has 0 bridgehead atoms. The third-order valence-electron chi connectivity index (χ3n) is 3.68. The molecule has 18 heavy (non-hydrogen) atoms. The second kappa shape index (κ2) is 6.03. The first-order valence-corrected chi connectivity index (χ1v) is 7.30. The Morgan fingerprint density at radius 1 is 1.28 bits per heavy atom. The molecule has 0 amide bonds. The highest BCUT2D eigenvalue weighted by Crippen LogP contribution is 2.34. The van der Waals surface area contributed by atoms with E-state index in [1.807, 2.05) is 0 Å². The smallest absolute Gasteiger partial charge is 0.0720 e. The zero-order valence-corrected chi connectivity index (χ0v) is 12.2. The van der Waals surface area contributed by atoms with E-state index in [2.05, 4.69) is 12.2 Å². The molecule has 0 aromatic heterocycles. The van der Waals surface area contributed by atoms with Crippen molar-refractivity contribution in [3.63, 3.8) is 0 Å². The van der Waals surface area contributed by atoms with Crippen LogP contribution in [0.1, 0.15) is 32.6 Å². The van der Waals surface area contributed by atoms with Gasteiger partial charge in [-0.15, -0.1) is 0 Å². The number of rotatable bonds is 3. The number of hydrogen-bond acceptors (Lipinski definition) is 2. The van der Waals surface area contributed by atoms with Crippen LogP contribution in [0.4, 0.5) is 11.4 Å². The molecule has 1 aliphatic carbocycles. The first-order chi connectivity index (χ1) is 8.56. The van der Waals surface area contributed by atoms with Crippen molar-refractivity contribution in [2.75, 3.05) is 17.6 Å². The van der Waals surface area contributed by atoms with Crippen molar-refractivity contribution >= 4 is 34.6 Å². The molecule has 0 spiro atoms. The molecule has 1 fully saturated rings. The zero-order chi connectivity index (χ0) is 13.1. The number of nitrogens with one attached hydrogen (secondary N) is 1. The monoisotopic (exact) mass is 286 g/mol. The fraction of sp³-hybridized carbons (Fsp3) is 0.571. The predicted octanol–water partition coefficient (Wildman–Crippen LogP) is 4.81. The standard InChI is InChI=1S/C14H20Cl2N2/c1-9-3-2-4-10(5-9)8-18-14-12(15)6-11(17)7-13(14)16/h6-7,9-10,18H,2-5,8,17H2,1H3. The lowest BCUT2D eigenvalue weighted by Crippen LogP contribution is -2.21. The van der Waals surface area contributed by atoms with Crippen LogP contribution in [0, 0.1) is 11.8 Å². The molecule has 0 heterocycles. The van der Waals surface area contributed by atoms with Crippen molar-refractivity contribution in [3.05, 3.63) is 22.2 Å². The highest BCUT2D eigenvalue weighted by Gasteiger charge is 2.19. The lowest BCUT2D eigenvalue weighted by Gasteiger charge is -2.27. The molecule has 4 heteroatoms. The lowest BCUT2D eigenvalue weighted by atomic mass is 9.82. The van der Waals surface area contributed by atoms with Crippen LogP contribution in [0.3, 0.4) is 0 Å². The molecule has 2 unspecified atom stereocenters. The Bertz CT molecular complexity index is 397. The van der Waals surface area contributed by atoms with Gasteiger partial charge in [0.1, 0.15) is 0 Å². The minimum Gasteiger partial charge on any atom is -0.399 e. The van der Waals surface area contributed by atoms with Gasteiger partial charge in [0, 0.05) is 12.2 Å². The molecule has 0 saturated heterocycles. The minimum atomic E-state index is 0.599. The van der Waals surface area contributed by atoms with Gasteiger partial charge in [0.25, 0.3) is 0 Å². The van der Waals surface area contributed by atoms with E-state index in [9.17, 15) is 0 Å². The quantitative estimate of drug-likeness (QED) is 0.783. The van der Waals surface area contributed by atoms with Gasteiger partial charge in [-0.25, -0.2) is 0 Å². The number of nitrogen functional groups attached to an aromatic ring is 1. The van der Waals surface area contributed by atoms with Crippen LogP contribution in [0.5, 0.6) is 0 Å². The first-order valence-electron chi connectivity index (χ1n) is 6.54.